The third-order valence-electron chi connectivity index (χ3n) is 4.56. The molecule has 1 aromatic heterocycles. The SMILES string of the molecule is CC[C@@H]1CSC2=N[C@@H](c3ccccn3)[C@@H](c3ccc(O)cc3)N21. The molecule has 2 aliphatic heterocycles. The van der Waals surface area contributed by atoms with Crippen LogP contribution in [0.5, 0.6) is 5.75 Å². The molecule has 4 nitrogen and oxygen atoms in total. The third-order valence-corrected chi connectivity index (χ3v) is 5.69. The minimum absolute atomic E-state index is 0.0117. The van der Waals surface area contributed by atoms with Crippen LogP contribution in [0.4, 0.5) is 0 Å². The molecule has 4 rings (SSSR count). The van der Waals surface area contributed by atoms with Gasteiger partial charge in [0.05, 0.1) is 11.7 Å². The lowest BCUT2D eigenvalue weighted by atomic mass is 9.95. The van der Waals surface area contributed by atoms with E-state index in [1.807, 2.05) is 42.2 Å². The van der Waals surface area contributed by atoms with Crippen molar-refractivity contribution in [3.8, 4) is 5.75 Å². The van der Waals surface area contributed by atoms with Gasteiger partial charge in [-0.1, -0.05) is 36.9 Å². The number of hydrogen-bond donors (Lipinski definition) is 1. The van der Waals surface area contributed by atoms with Gasteiger partial charge in [-0.15, -0.1) is 0 Å². The Labute approximate surface area is 140 Å². The van der Waals surface area contributed by atoms with E-state index in [-0.39, 0.29) is 12.1 Å². The van der Waals surface area contributed by atoms with Crippen LogP contribution in [0.1, 0.15) is 36.7 Å². The van der Waals surface area contributed by atoms with E-state index in [4.69, 9.17) is 4.99 Å². The van der Waals surface area contributed by atoms with Crippen molar-refractivity contribution < 1.29 is 5.11 Å². The quantitative estimate of drug-likeness (QED) is 0.933. The van der Waals surface area contributed by atoms with Gasteiger partial charge in [0.2, 0.25) is 0 Å². The van der Waals surface area contributed by atoms with Crippen molar-refractivity contribution in [2.75, 3.05) is 5.75 Å². The Morgan fingerprint density at radius 2 is 2.04 bits per heavy atom. The molecule has 23 heavy (non-hydrogen) atoms. The lowest BCUT2D eigenvalue weighted by Gasteiger charge is -2.31. The van der Waals surface area contributed by atoms with Crippen LogP contribution in [-0.2, 0) is 0 Å². The Bertz CT molecular complexity index is 717. The lowest BCUT2D eigenvalue weighted by molar-refractivity contribution is 0.255. The molecule has 1 aromatic carbocycles. The topological polar surface area (TPSA) is 48.7 Å². The Morgan fingerprint density at radius 3 is 2.74 bits per heavy atom. The van der Waals surface area contributed by atoms with E-state index < -0.39 is 0 Å². The molecule has 5 heteroatoms. The summed E-state index contributed by atoms with van der Waals surface area (Å²) in [5, 5.41) is 10.7. The second kappa shape index (κ2) is 5.89. The van der Waals surface area contributed by atoms with Crippen LogP contribution in [0.15, 0.2) is 53.7 Å². The zero-order chi connectivity index (χ0) is 15.8. The number of aromatic nitrogens is 1. The number of amidine groups is 1. The van der Waals surface area contributed by atoms with E-state index in [1.165, 1.54) is 5.56 Å². The predicted molar refractivity (Wildman–Crippen MR) is 93.6 cm³/mol. The molecule has 118 valence electrons. The van der Waals surface area contributed by atoms with E-state index in [1.54, 1.807) is 12.1 Å². The van der Waals surface area contributed by atoms with E-state index in [2.05, 4.69) is 22.9 Å². The average molecular weight is 325 g/mol. The maximum absolute atomic E-state index is 9.61. The highest BCUT2D eigenvalue weighted by atomic mass is 32.2. The van der Waals surface area contributed by atoms with E-state index in [0.29, 0.717) is 11.8 Å². The van der Waals surface area contributed by atoms with Crippen molar-refractivity contribution in [2.24, 2.45) is 4.99 Å². The fraction of sp³-hybridized carbons (Fsp3) is 0.333. The predicted octanol–water partition coefficient (Wildman–Crippen LogP) is 3.77. The van der Waals surface area contributed by atoms with Crippen LogP contribution in [-0.4, -0.2) is 32.0 Å². The Morgan fingerprint density at radius 1 is 1.22 bits per heavy atom. The second-order valence-electron chi connectivity index (χ2n) is 5.93. The number of hydrogen-bond acceptors (Lipinski definition) is 5. The van der Waals surface area contributed by atoms with Gasteiger partial charge in [-0.05, 0) is 36.2 Å². The van der Waals surface area contributed by atoms with Gasteiger partial charge in [-0.25, -0.2) is 0 Å². The standard InChI is InChI=1S/C18H19N3OS/c1-2-13-11-23-18-20-16(15-5-3-4-10-19-15)17(21(13)18)12-6-8-14(22)9-7-12/h3-10,13,16-17,22H,2,11H2,1H3/t13-,16+,17-/m1/s1. The van der Waals surface area contributed by atoms with Gasteiger partial charge in [-0.2, -0.15) is 0 Å². The first-order chi connectivity index (χ1) is 11.3. The van der Waals surface area contributed by atoms with Crippen LogP contribution in [0.2, 0.25) is 0 Å². The molecule has 0 saturated carbocycles. The molecule has 3 atom stereocenters. The molecule has 2 aliphatic rings. The zero-order valence-electron chi connectivity index (χ0n) is 13.0. The molecule has 0 radical (unpaired) electrons. The number of phenolic OH excluding ortho intramolecular Hbond substituents is 1. The van der Waals surface area contributed by atoms with Crippen LogP contribution < -0.4 is 0 Å². The number of nitrogens with zero attached hydrogens (tertiary/aromatic N) is 3. The van der Waals surface area contributed by atoms with Gasteiger partial charge in [-0.3, -0.25) is 9.98 Å². The van der Waals surface area contributed by atoms with E-state index in [9.17, 15) is 5.11 Å². The molecule has 0 bridgehead atoms. The van der Waals surface area contributed by atoms with Gasteiger partial charge in [0.15, 0.2) is 5.17 Å². The number of aliphatic imine (C=N–C) groups is 1. The van der Waals surface area contributed by atoms with Crippen molar-refractivity contribution in [1.29, 1.82) is 0 Å². The van der Waals surface area contributed by atoms with Crippen LogP contribution in [0.3, 0.4) is 0 Å². The van der Waals surface area contributed by atoms with Gasteiger partial charge in [0.25, 0.3) is 0 Å². The molecule has 1 saturated heterocycles. The van der Waals surface area contributed by atoms with Gasteiger partial charge in [0.1, 0.15) is 11.8 Å². The number of benzene rings is 1. The monoisotopic (exact) mass is 325 g/mol. The van der Waals surface area contributed by atoms with Crippen LogP contribution >= 0.6 is 11.8 Å². The maximum atomic E-state index is 9.61. The fourth-order valence-electron chi connectivity index (χ4n) is 3.38. The smallest absolute Gasteiger partial charge is 0.160 e. The normalized spacial score (nSPS) is 26.2. The second-order valence-corrected chi connectivity index (χ2v) is 6.91. The number of aromatic hydroxyl groups is 1. The highest BCUT2D eigenvalue weighted by Gasteiger charge is 2.45. The Balaban J connectivity index is 1.78. The van der Waals surface area contributed by atoms with Gasteiger partial charge < -0.3 is 10.0 Å². The number of phenols is 1. The third kappa shape index (κ3) is 2.49. The molecule has 0 spiro atoms. The molecule has 1 N–H and O–H groups in total. The summed E-state index contributed by atoms with van der Waals surface area (Å²) >= 11 is 1.84. The van der Waals surface area contributed by atoms with Crippen molar-refractivity contribution >= 4 is 16.9 Å². The largest absolute Gasteiger partial charge is 0.508 e. The number of pyridine rings is 1. The summed E-state index contributed by atoms with van der Waals surface area (Å²) in [5.74, 6) is 1.39. The van der Waals surface area contributed by atoms with Gasteiger partial charge in [0, 0.05) is 18.0 Å². The first kappa shape index (κ1) is 14.6. The van der Waals surface area contributed by atoms with Crippen molar-refractivity contribution in [2.45, 2.75) is 31.5 Å². The van der Waals surface area contributed by atoms with E-state index >= 15 is 0 Å². The van der Waals surface area contributed by atoms with Crippen molar-refractivity contribution in [3.63, 3.8) is 0 Å². The first-order valence-corrected chi connectivity index (χ1v) is 8.95. The molecule has 2 aromatic rings. The molecule has 3 heterocycles. The molecular weight excluding hydrogens is 306 g/mol. The molecule has 0 aliphatic carbocycles. The summed E-state index contributed by atoms with van der Waals surface area (Å²) in [5.41, 5.74) is 2.18. The van der Waals surface area contributed by atoms with Crippen molar-refractivity contribution in [3.05, 3.63) is 59.9 Å². The van der Waals surface area contributed by atoms with Gasteiger partial charge >= 0.3 is 0 Å². The Kier molecular flexibility index (Phi) is 3.73. The Hall–Kier alpha value is -2.01. The molecule has 0 unspecified atom stereocenters. The number of rotatable bonds is 3. The highest BCUT2D eigenvalue weighted by Crippen LogP contribution is 2.48. The van der Waals surface area contributed by atoms with Crippen molar-refractivity contribution in [1.82, 2.24) is 9.88 Å². The maximum Gasteiger partial charge on any atom is 0.160 e. The summed E-state index contributed by atoms with van der Waals surface area (Å²) in [4.78, 5) is 12.0. The average Bonchev–Trinajstić information content (AvgIpc) is 3.15. The minimum atomic E-state index is 0.0117. The zero-order valence-corrected chi connectivity index (χ0v) is 13.8. The van der Waals surface area contributed by atoms with Crippen LogP contribution in [0, 0.1) is 0 Å². The summed E-state index contributed by atoms with van der Waals surface area (Å²) in [6, 6.07) is 14.2. The highest BCUT2D eigenvalue weighted by molar-refractivity contribution is 8.14. The van der Waals surface area contributed by atoms with E-state index in [0.717, 1.165) is 23.0 Å². The lowest BCUT2D eigenvalue weighted by Crippen LogP contribution is -2.35. The van der Waals surface area contributed by atoms with Crippen LogP contribution in [0.25, 0.3) is 0 Å². The number of thioether (sulfide) groups is 1. The fourth-order valence-corrected chi connectivity index (χ4v) is 4.72. The first-order valence-electron chi connectivity index (χ1n) is 7.96. The summed E-state index contributed by atoms with van der Waals surface area (Å²) in [6.07, 6.45) is 2.94. The minimum Gasteiger partial charge on any atom is -0.508 e. The molecule has 1 fully saturated rings. The molecule has 0 amide bonds. The summed E-state index contributed by atoms with van der Waals surface area (Å²) in [7, 11) is 0. The number of fused-ring (bicyclic) bond motifs is 1. The summed E-state index contributed by atoms with van der Waals surface area (Å²) < 4.78 is 0. The molecular formula is C18H19N3OS. The summed E-state index contributed by atoms with van der Waals surface area (Å²) in [6.45, 7) is 2.23.